The number of fused-ring (bicyclic) bond motifs is 1. The summed E-state index contributed by atoms with van der Waals surface area (Å²) in [6.07, 6.45) is 2.09. The van der Waals surface area contributed by atoms with Gasteiger partial charge in [0.05, 0.1) is 10.6 Å². The Hall–Kier alpha value is -1.17. The van der Waals surface area contributed by atoms with Gasteiger partial charge in [0, 0.05) is 29.6 Å². The molecule has 21 heavy (non-hydrogen) atoms. The molecule has 6 heteroatoms. The lowest BCUT2D eigenvalue weighted by atomic mass is 9.86. The van der Waals surface area contributed by atoms with Gasteiger partial charge in [-0.25, -0.2) is 4.39 Å². The fourth-order valence-electron chi connectivity index (χ4n) is 2.75. The molecule has 1 aromatic carbocycles. The molecule has 0 spiro atoms. The van der Waals surface area contributed by atoms with Crippen LogP contribution in [0.15, 0.2) is 18.2 Å². The highest BCUT2D eigenvalue weighted by molar-refractivity contribution is 7.23. The number of hydrogen-bond acceptors (Lipinski definition) is 4. The molecule has 1 aliphatic heterocycles. The van der Waals surface area contributed by atoms with Crippen LogP contribution < -0.4 is 10.6 Å². The molecule has 0 atom stereocenters. The Morgan fingerprint density at radius 3 is 2.90 bits per heavy atom. The van der Waals surface area contributed by atoms with Crippen molar-refractivity contribution in [3.05, 3.63) is 28.8 Å². The third-order valence-electron chi connectivity index (χ3n) is 3.89. The maximum Gasteiger partial charge on any atom is 0.120 e. The zero-order chi connectivity index (χ0) is 15.0. The molecule has 3 rings (SSSR count). The van der Waals surface area contributed by atoms with Gasteiger partial charge in [0.15, 0.2) is 0 Å². The molecule has 1 fully saturated rings. The van der Waals surface area contributed by atoms with Crippen LogP contribution in [0.5, 0.6) is 0 Å². The molecule has 112 valence electrons. The molecule has 0 radical (unpaired) electrons. The van der Waals surface area contributed by atoms with Crippen molar-refractivity contribution in [2.45, 2.75) is 25.1 Å². The molecule has 0 aliphatic carbocycles. The van der Waals surface area contributed by atoms with Gasteiger partial charge in [-0.3, -0.25) is 0 Å². The Balaban J connectivity index is 1.82. The lowest BCUT2D eigenvalue weighted by Crippen LogP contribution is -2.67. The second kappa shape index (κ2) is 5.55. The second-order valence-corrected chi connectivity index (χ2v) is 7.02. The SMILES string of the molecule is NC1(CCC=O)CN(c2sc3cc(CF)ccc3c2Cl)C1. The van der Waals surface area contributed by atoms with Crippen LogP contribution in [0, 0.1) is 0 Å². The van der Waals surface area contributed by atoms with Crippen LogP contribution in [0.25, 0.3) is 10.1 Å². The first-order valence-corrected chi connectivity index (χ1v) is 8.00. The topological polar surface area (TPSA) is 46.3 Å². The molecule has 0 amide bonds. The zero-order valence-corrected chi connectivity index (χ0v) is 13.0. The fourth-order valence-corrected chi connectivity index (χ4v) is 4.36. The van der Waals surface area contributed by atoms with E-state index in [1.807, 2.05) is 12.1 Å². The molecular formula is C15H16ClFN2OS. The number of carbonyl (C=O) groups excluding carboxylic acids is 1. The van der Waals surface area contributed by atoms with Gasteiger partial charge in [-0.15, -0.1) is 11.3 Å². The van der Waals surface area contributed by atoms with Crippen molar-refractivity contribution < 1.29 is 9.18 Å². The first kappa shape index (κ1) is 14.8. The highest BCUT2D eigenvalue weighted by atomic mass is 35.5. The van der Waals surface area contributed by atoms with Crippen molar-refractivity contribution >= 4 is 44.3 Å². The fraction of sp³-hybridized carbons (Fsp3) is 0.400. The van der Waals surface area contributed by atoms with E-state index in [0.717, 1.165) is 21.4 Å². The number of nitrogens with two attached hydrogens (primary N) is 1. The van der Waals surface area contributed by atoms with Crippen molar-refractivity contribution in [2.75, 3.05) is 18.0 Å². The predicted octanol–water partition coefficient (Wildman–Crippen LogP) is 3.52. The van der Waals surface area contributed by atoms with E-state index in [9.17, 15) is 9.18 Å². The second-order valence-electron chi connectivity index (χ2n) is 5.61. The van der Waals surface area contributed by atoms with E-state index in [0.29, 0.717) is 36.5 Å². The number of aldehydes is 1. The monoisotopic (exact) mass is 326 g/mol. The Bertz CT molecular complexity index is 682. The summed E-state index contributed by atoms with van der Waals surface area (Å²) in [5, 5.41) is 2.64. The molecule has 1 aliphatic rings. The number of rotatable bonds is 5. The number of halogens is 2. The summed E-state index contributed by atoms with van der Waals surface area (Å²) in [6, 6.07) is 5.48. The van der Waals surface area contributed by atoms with Crippen LogP contribution in [0.2, 0.25) is 5.02 Å². The van der Waals surface area contributed by atoms with E-state index in [2.05, 4.69) is 4.90 Å². The maximum atomic E-state index is 12.7. The van der Waals surface area contributed by atoms with E-state index < -0.39 is 6.67 Å². The van der Waals surface area contributed by atoms with Crippen molar-refractivity contribution in [3.63, 3.8) is 0 Å². The van der Waals surface area contributed by atoms with Crippen LogP contribution in [0.3, 0.4) is 0 Å². The predicted molar refractivity (Wildman–Crippen MR) is 86.1 cm³/mol. The van der Waals surface area contributed by atoms with E-state index in [1.165, 1.54) is 0 Å². The van der Waals surface area contributed by atoms with Gasteiger partial charge in [0.1, 0.15) is 18.0 Å². The minimum atomic E-state index is -0.470. The smallest absolute Gasteiger partial charge is 0.120 e. The van der Waals surface area contributed by atoms with Gasteiger partial charge in [0.2, 0.25) is 0 Å². The van der Waals surface area contributed by atoms with Crippen LogP contribution in [0.1, 0.15) is 18.4 Å². The van der Waals surface area contributed by atoms with Gasteiger partial charge in [-0.2, -0.15) is 0 Å². The van der Waals surface area contributed by atoms with Crippen molar-refractivity contribution in [1.82, 2.24) is 0 Å². The third kappa shape index (κ3) is 2.65. The van der Waals surface area contributed by atoms with Crippen molar-refractivity contribution in [3.8, 4) is 0 Å². The lowest BCUT2D eigenvalue weighted by molar-refractivity contribution is -0.108. The highest BCUT2D eigenvalue weighted by Crippen LogP contribution is 2.45. The molecule has 2 N–H and O–H groups in total. The highest BCUT2D eigenvalue weighted by Gasteiger charge is 2.40. The zero-order valence-electron chi connectivity index (χ0n) is 11.4. The van der Waals surface area contributed by atoms with Gasteiger partial charge in [-0.1, -0.05) is 23.7 Å². The number of alkyl halides is 1. The Morgan fingerprint density at radius 2 is 2.24 bits per heavy atom. The molecule has 3 nitrogen and oxygen atoms in total. The van der Waals surface area contributed by atoms with Gasteiger partial charge in [0.25, 0.3) is 0 Å². The summed E-state index contributed by atoms with van der Waals surface area (Å²) in [7, 11) is 0. The average Bonchev–Trinajstić information content (AvgIpc) is 2.78. The Morgan fingerprint density at radius 1 is 1.48 bits per heavy atom. The molecule has 1 aromatic heterocycles. The lowest BCUT2D eigenvalue weighted by Gasteiger charge is -2.48. The molecule has 2 aromatic rings. The third-order valence-corrected chi connectivity index (χ3v) is 5.60. The van der Waals surface area contributed by atoms with Gasteiger partial charge < -0.3 is 15.4 Å². The Kier molecular flexibility index (Phi) is 3.90. The molecule has 0 saturated carbocycles. The number of benzene rings is 1. The van der Waals surface area contributed by atoms with Crippen LogP contribution in [-0.4, -0.2) is 24.9 Å². The molecule has 0 bridgehead atoms. The van der Waals surface area contributed by atoms with Crippen molar-refractivity contribution in [1.29, 1.82) is 0 Å². The minimum Gasteiger partial charge on any atom is -0.358 e. The minimum absolute atomic E-state index is 0.301. The first-order valence-electron chi connectivity index (χ1n) is 6.81. The normalized spacial score (nSPS) is 17.0. The standard InChI is InChI=1S/C15H16ClFN2OS/c16-13-11-3-2-10(7-17)6-12(11)21-14(13)19-8-15(18,9-19)4-1-5-20/h2-3,5-6H,1,4,7-9,18H2. The summed E-state index contributed by atoms with van der Waals surface area (Å²) in [5.41, 5.74) is 6.58. The maximum absolute atomic E-state index is 12.7. The molecule has 2 heterocycles. The number of anilines is 1. The number of carbonyl (C=O) groups is 1. The molecular weight excluding hydrogens is 311 g/mol. The Labute approximate surface area is 131 Å². The summed E-state index contributed by atoms with van der Waals surface area (Å²) >= 11 is 8.00. The summed E-state index contributed by atoms with van der Waals surface area (Å²) < 4.78 is 13.7. The first-order chi connectivity index (χ1) is 10.1. The van der Waals surface area contributed by atoms with E-state index >= 15 is 0 Å². The van der Waals surface area contributed by atoms with Crippen molar-refractivity contribution in [2.24, 2.45) is 5.73 Å². The summed E-state index contributed by atoms with van der Waals surface area (Å²) in [5.74, 6) is 0. The average molecular weight is 327 g/mol. The van der Waals surface area contributed by atoms with Gasteiger partial charge >= 0.3 is 0 Å². The van der Waals surface area contributed by atoms with E-state index in [1.54, 1.807) is 17.4 Å². The molecule has 1 saturated heterocycles. The summed E-state index contributed by atoms with van der Waals surface area (Å²) in [4.78, 5) is 12.6. The van der Waals surface area contributed by atoms with Crippen LogP contribution in [-0.2, 0) is 11.5 Å². The van der Waals surface area contributed by atoms with Crippen LogP contribution in [0.4, 0.5) is 9.39 Å². The number of thiophene rings is 1. The largest absolute Gasteiger partial charge is 0.358 e. The number of hydrogen-bond donors (Lipinski definition) is 1. The van der Waals surface area contributed by atoms with Gasteiger partial charge in [-0.05, 0) is 18.1 Å². The molecule has 0 unspecified atom stereocenters. The quantitative estimate of drug-likeness (QED) is 0.855. The van der Waals surface area contributed by atoms with E-state index in [-0.39, 0.29) is 5.54 Å². The number of nitrogens with zero attached hydrogens (tertiary/aromatic N) is 1. The summed E-state index contributed by atoms with van der Waals surface area (Å²) in [6.45, 7) is 0.925. The van der Waals surface area contributed by atoms with E-state index in [4.69, 9.17) is 17.3 Å². The van der Waals surface area contributed by atoms with Crippen LogP contribution >= 0.6 is 22.9 Å².